The highest BCUT2D eigenvalue weighted by atomic mass is 32.2. The second kappa shape index (κ2) is 5.11. The van der Waals surface area contributed by atoms with Crippen molar-refractivity contribution in [3.63, 3.8) is 0 Å². The van der Waals surface area contributed by atoms with Gasteiger partial charge in [0.25, 0.3) is 0 Å². The Bertz CT molecular complexity index is 345. The molecule has 5 nitrogen and oxygen atoms in total. The summed E-state index contributed by atoms with van der Waals surface area (Å²) in [5, 5.41) is 3.05. The first-order chi connectivity index (χ1) is 6.58. The van der Waals surface area contributed by atoms with Gasteiger partial charge in [-0.25, -0.2) is 13.4 Å². The van der Waals surface area contributed by atoms with Gasteiger partial charge in [0.05, 0.1) is 12.1 Å². The van der Waals surface area contributed by atoms with Crippen molar-refractivity contribution >= 4 is 9.84 Å². The molecule has 1 heterocycles. The van der Waals surface area contributed by atoms with E-state index < -0.39 is 9.84 Å². The SMILES string of the molecule is CS(=O)(=O)CCNCCc1cnc[nH]1. The van der Waals surface area contributed by atoms with Crippen molar-refractivity contribution in [2.45, 2.75) is 6.42 Å². The van der Waals surface area contributed by atoms with Gasteiger partial charge >= 0.3 is 0 Å². The van der Waals surface area contributed by atoms with Crippen LogP contribution in [0.15, 0.2) is 12.5 Å². The molecule has 0 spiro atoms. The van der Waals surface area contributed by atoms with Crippen LogP contribution in [-0.4, -0.2) is 43.5 Å². The molecule has 0 atom stereocenters. The van der Waals surface area contributed by atoms with E-state index in [1.165, 1.54) is 6.26 Å². The predicted octanol–water partition coefficient (Wildman–Crippen LogP) is -0.414. The van der Waals surface area contributed by atoms with Crippen LogP contribution in [0.4, 0.5) is 0 Å². The minimum absolute atomic E-state index is 0.190. The fourth-order valence-corrected chi connectivity index (χ4v) is 1.54. The smallest absolute Gasteiger partial charge is 0.148 e. The molecule has 14 heavy (non-hydrogen) atoms. The van der Waals surface area contributed by atoms with Crippen LogP contribution < -0.4 is 5.32 Å². The standard InChI is InChI=1S/C8H15N3O2S/c1-14(12,13)5-4-9-3-2-8-6-10-7-11-8/h6-7,9H,2-5H2,1H3,(H,10,11). The number of nitrogens with zero attached hydrogens (tertiary/aromatic N) is 1. The van der Waals surface area contributed by atoms with Gasteiger partial charge in [-0.15, -0.1) is 0 Å². The van der Waals surface area contributed by atoms with Crippen LogP contribution in [-0.2, 0) is 16.3 Å². The number of rotatable bonds is 6. The zero-order valence-corrected chi connectivity index (χ0v) is 8.97. The van der Waals surface area contributed by atoms with Crippen LogP contribution in [0, 0.1) is 0 Å². The predicted molar refractivity (Wildman–Crippen MR) is 54.9 cm³/mol. The van der Waals surface area contributed by atoms with Crippen LogP contribution in [0.1, 0.15) is 5.69 Å². The van der Waals surface area contributed by atoms with Crippen LogP contribution in [0.3, 0.4) is 0 Å². The van der Waals surface area contributed by atoms with Gasteiger partial charge in [-0.1, -0.05) is 0 Å². The zero-order chi connectivity index (χ0) is 10.4. The highest BCUT2D eigenvalue weighted by Crippen LogP contribution is 1.90. The number of sulfone groups is 1. The van der Waals surface area contributed by atoms with Crippen molar-refractivity contribution in [1.82, 2.24) is 15.3 Å². The first-order valence-corrected chi connectivity index (χ1v) is 6.50. The van der Waals surface area contributed by atoms with Crippen molar-refractivity contribution in [3.05, 3.63) is 18.2 Å². The highest BCUT2D eigenvalue weighted by Gasteiger charge is 2.00. The summed E-state index contributed by atoms with van der Waals surface area (Å²) in [5.41, 5.74) is 1.05. The molecule has 0 bridgehead atoms. The average molecular weight is 217 g/mol. The van der Waals surface area contributed by atoms with E-state index in [4.69, 9.17) is 0 Å². The number of nitrogens with one attached hydrogen (secondary N) is 2. The lowest BCUT2D eigenvalue weighted by molar-refractivity contribution is 0.596. The maximum absolute atomic E-state index is 10.8. The van der Waals surface area contributed by atoms with Gasteiger partial charge < -0.3 is 10.3 Å². The maximum Gasteiger partial charge on any atom is 0.148 e. The summed E-state index contributed by atoms with van der Waals surface area (Å²) in [6.45, 7) is 1.27. The molecular weight excluding hydrogens is 202 g/mol. The van der Waals surface area contributed by atoms with Crippen molar-refractivity contribution in [1.29, 1.82) is 0 Å². The van der Waals surface area contributed by atoms with Crippen molar-refractivity contribution in [2.75, 3.05) is 25.1 Å². The summed E-state index contributed by atoms with van der Waals surface area (Å²) >= 11 is 0. The molecule has 0 radical (unpaired) electrons. The Balaban J connectivity index is 2.06. The molecule has 0 saturated carbocycles. The van der Waals surface area contributed by atoms with Gasteiger partial charge in [-0.05, 0) is 0 Å². The lowest BCUT2D eigenvalue weighted by Crippen LogP contribution is -2.24. The molecule has 0 unspecified atom stereocenters. The first-order valence-electron chi connectivity index (χ1n) is 4.43. The van der Waals surface area contributed by atoms with Crippen molar-refractivity contribution in [2.24, 2.45) is 0 Å². The second-order valence-electron chi connectivity index (χ2n) is 3.21. The van der Waals surface area contributed by atoms with E-state index in [1.54, 1.807) is 12.5 Å². The topological polar surface area (TPSA) is 74.8 Å². The number of hydrogen-bond acceptors (Lipinski definition) is 4. The minimum atomic E-state index is -2.84. The molecule has 80 valence electrons. The molecular formula is C8H15N3O2S. The number of hydrogen-bond donors (Lipinski definition) is 2. The maximum atomic E-state index is 10.8. The Morgan fingerprint density at radius 2 is 2.29 bits per heavy atom. The second-order valence-corrected chi connectivity index (χ2v) is 5.47. The van der Waals surface area contributed by atoms with Crippen LogP contribution in [0.2, 0.25) is 0 Å². The van der Waals surface area contributed by atoms with E-state index in [2.05, 4.69) is 15.3 Å². The average Bonchev–Trinajstić information content (AvgIpc) is 2.54. The lowest BCUT2D eigenvalue weighted by atomic mass is 10.3. The normalized spacial score (nSPS) is 11.8. The Hall–Kier alpha value is -0.880. The molecule has 0 saturated heterocycles. The van der Waals surface area contributed by atoms with Gasteiger partial charge in [0.2, 0.25) is 0 Å². The van der Waals surface area contributed by atoms with Gasteiger partial charge in [0.15, 0.2) is 0 Å². The molecule has 0 fully saturated rings. The number of imidazole rings is 1. The fourth-order valence-electron chi connectivity index (χ4n) is 1.03. The summed E-state index contributed by atoms with van der Waals surface area (Å²) in [7, 11) is -2.84. The monoisotopic (exact) mass is 217 g/mol. The molecule has 0 aromatic carbocycles. The van der Waals surface area contributed by atoms with Crippen molar-refractivity contribution in [3.8, 4) is 0 Å². The molecule has 6 heteroatoms. The molecule has 0 aliphatic heterocycles. The third-order valence-corrected chi connectivity index (χ3v) is 2.72. The van der Waals surface area contributed by atoms with Crippen LogP contribution in [0.5, 0.6) is 0 Å². The fraction of sp³-hybridized carbons (Fsp3) is 0.625. The third-order valence-electron chi connectivity index (χ3n) is 1.78. The molecule has 1 aromatic heterocycles. The summed E-state index contributed by atoms with van der Waals surface area (Å²) < 4.78 is 21.5. The van der Waals surface area contributed by atoms with Gasteiger partial charge in [-0.2, -0.15) is 0 Å². The third kappa shape index (κ3) is 4.98. The summed E-state index contributed by atoms with van der Waals surface area (Å²) in [5.74, 6) is 0.190. The Morgan fingerprint density at radius 1 is 1.50 bits per heavy atom. The van der Waals surface area contributed by atoms with E-state index >= 15 is 0 Å². The Labute approximate surface area is 83.9 Å². The largest absolute Gasteiger partial charge is 0.348 e. The summed E-state index contributed by atoms with van der Waals surface area (Å²) in [6.07, 6.45) is 5.47. The van der Waals surface area contributed by atoms with E-state index in [0.29, 0.717) is 6.54 Å². The Morgan fingerprint density at radius 3 is 2.86 bits per heavy atom. The minimum Gasteiger partial charge on any atom is -0.348 e. The molecule has 0 aliphatic rings. The first kappa shape index (κ1) is 11.2. The lowest BCUT2D eigenvalue weighted by Gasteiger charge is -2.01. The van der Waals surface area contributed by atoms with Gasteiger partial charge in [0, 0.05) is 37.7 Å². The van der Waals surface area contributed by atoms with Crippen molar-refractivity contribution < 1.29 is 8.42 Å². The van der Waals surface area contributed by atoms with Crippen LogP contribution >= 0.6 is 0 Å². The molecule has 1 aromatic rings. The quantitative estimate of drug-likeness (QED) is 0.635. The highest BCUT2D eigenvalue weighted by molar-refractivity contribution is 7.90. The van der Waals surface area contributed by atoms with Crippen LogP contribution in [0.25, 0.3) is 0 Å². The molecule has 1 rings (SSSR count). The van der Waals surface area contributed by atoms with E-state index in [1.807, 2.05) is 0 Å². The van der Waals surface area contributed by atoms with E-state index in [-0.39, 0.29) is 5.75 Å². The van der Waals surface area contributed by atoms with E-state index in [9.17, 15) is 8.42 Å². The number of aromatic amines is 1. The summed E-state index contributed by atoms with van der Waals surface area (Å²) in [4.78, 5) is 6.86. The molecule has 2 N–H and O–H groups in total. The Kier molecular flexibility index (Phi) is 4.09. The van der Waals surface area contributed by atoms with Gasteiger partial charge in [-0.3, -0.25) is 0 Å². The number of H-pyrrole nitrogens is 1. The molecule has 0 aliphatic carbocycles. The molecule has 0 amide bonds. The zero-order valence-electron chi connectivity index (χ0n) is 8.16. The number of aromatic nitrogens is 2. The van der Waals surface area contributed by atoms with E-state index in [0.717, 1.165) is 18.7 Å². The summed E-state index contributed by atoms with van der Waals surface area (Å²) in [6, 6.07) is 0. The van der Waals surface area contributed by atoms with Gasteiger partial charge in [0.1, 0.15) is 9.84 Å².